The van der Waals surface area contributed by atoms with Crippen molar-refractivity contribution in [1.82, 2.24) is 4.90 Å². The Bertz CT molecular complexity index is 778. The smallest absolute Gasteiger partial charge is 0.163 e. The topological polar surface area (TPSA) is 61.8 Å². The third kappa shape index (κ3) is 5.89. The van der Waals surface area contributed by atoms with E-state index in [1.54, 1.807) is 7.11 Å². The number of carbonyl (C=O) groups excluding carboxylic acids is 1. The van der Waals surface area contributed by atoms with E-state index in [0.717, 1.165) is 25.2 Å². The van der Waals surface area contributed by atoms with Crippen LogP contribution in [0.4, 0.5) is 5.69 Å². The number of nitrogens with zero attached hydrogens (tertiary/aromatic N) is 1. The first kappa shape index (κ1) is 20.5. The number of anilines is 1. The van der Waals surface area contributed by atoms with Crippen molar-refractivity contribution in [3.63, 3.8) is 0 Å². The van der Waals surface area contributed by atoms with Crippen LogP contribution in [-0.4, -0.2) is 55.2 Å². The van der Waals surface area contributed by atoms with Crippen LogP contribution >= 0.6 is 0 Å². The Morgan fingerprint density at radius 2 is 2.04 bits per heavy atom. The summed E-state index contributed by atoms with van der Waals surface area (Å²) in [5, 5.41) is 13.7. The van der Waals surface area contributed by atoms with Crippen LogP contribution in [0.25, 0.3) is 0 Å². The van der Waals surface area contributed by atoms with Gasteiger partial charge in [-0.05, 0) is 36.1 Å². The second-order valence-corrected chi connectivity index (χ2v) is 7.37. The Balaban J connectivity index is 1.45. The number of fused-ring (bicyclic) bond motifs is 1. The summed E-state index contributed by atoms with van der Waals surface area (Å²) in [5.74, 6) is 0.0680. The molecule has 2 N–H and O–H groups in total. The summed E-state index contributed by atoms with van der Waals surface area (Å²) >= 11 is 0. The lowest BCUT2D eigenvalue weighted by molar-refractivity contribution is 0.0837. The van der Waals surface area contributed by atoms with E-state index in [-0.39, 0.29) is 5.78 Å². The molecule has 0 aromatic heterocycles. The molecule has 1 atom stereocenters. The molecular weight excluding hydrogens is 352 g/mol. The van der Waals surface area contributed by atoms with Gasteiger partial charge in [-0.2, -0.15) is 0 Å². The van der Waals surface area contributed by atoms with Gasteiger partial charge in [-0.3, -0.25) is 9.69 Å². The molecule has 0 fully saturated rings. The predicted octanol–water partition coefficient (Wildman–Crippen LogP) is 3.13. The van der Waals surface area contributed by atoms with Gasteiger partial charge in [-0.1, -0.05) is 36.4 Å². The molecule has 5 heteroatoms. The molecule has 0 radical (unpaired) electrons. The van der Waals surface area contributed by atoms with Gasteiger partial charge >= 0.3 is 0 Å². The van der Waals surface area contributed by atoms with Crippen molar-refractivity contribution in [2.24, 2.45) is 0 Å². The van der Waals surface area contributed by atoms with Gasteiger partial charge in [0.1, 0.15) is 0 Å². The minimum absolute atomic E-state index is 0.0680. The summed E-state index contributed by atoms with van der Waals surface area (Å²) in [6.07, 6.45) is 1.37. The lowest BCUT2D eigenvalue weighted by atomic mass is 9.99. The van der Waals surface area contributed by atoms with E-state index in [1.165, 1.54) is 11.1 Å². The van der Waals surface area contributed by atoms with Crippen LogP contribution in [0.2, 0.25) is 0 Å². The molecule has 1 aliphatic rings. The van der Waals surface area contributed by atoms with Gasteiger partial charge in [0.15, 0.2) is 5.78 Å². The fourth-order valence-electron chi connectivity index (χ4n) is 3.64. The first-order valence-electron chi connectivity index (χ1n) is 9.99. The molecule has 28 heavy (non-hydrogen) atoms. The number of ether oxygens (including phenoxy) is 1. The number of aliphatic hydroxyl groups excluding tert-OH is 1. The van der Waals surface area contributed by atoms with Crippen LogP contribution in [-0.2, 0) is 17.7 Å². The molecule has 5 nitrogen and oxygen atoms in total. The number of hydrogen-bond acceptors (Lipinski definition) is 5. The quantitative estimate of drug-likeness (QED) is 0.488. The van der Waals surface area contributed by atoms with E-state index < -0.39 is 6.10 Å². The molecule has 0 bridgehead atoms. The van der Waals surface area contributed by atoms with Gasteiger partial charge in [0, 0.05) is 51.0 Å². The summed E-state index contributed by atoms with van der Waals surface area (Å²) < 4.78 is 5.03. The number of aliphatic hydroxyl groups is 1. The van der Waals surface area contributed by atoms with Gasteiger partial charge in [-0.25, -0.2) is 0 Å². The van der Waals surface area contributed by atoms with Crippen molar-refractivity contribution >= 4 is 11.5 Å². The van der Waals surface area contributed by atoms with Crippen LogP contribution in [0, 0.1) is 0 Å². The van der Waals surface area contributed by atoms with Crippen molar-refractivity contribution in [3.8, 4) is 0 Å². The van der Waals surface area contributed by atoms with Crippen LogP contribution in [0.15, 0.2) is 48.5 Å². The van der Waals surface area contributed by atoms with Gasteiger partial charge < -0.3 is 15.2 Å². The maximum Gasteiger partial charge on any atom is 0.163 e. The standard InChI is InChI=1S/C23H30N2O3/c1-28-14-12-24-21-8-4-7-19(15-21)23(27)10-9-22(26)17-25-13-11-18-5-2-3-6-20(18)16-25/h2-8,15,22,24,26H,9-14,16-17H2,1H3. The molecule has 0 saturated heterocycles. The molecule has 0 spiro atoms. The minimum atomic E-state index is -0.489. The molecule has 1 heterocycles. The van der Waals surface area contributed by atoms with E-state index >= 15 is 0 Å². The number of benzene rings is 2. The third-order valence-corrected chi connectivity index (χ3v) is 5.20. The SMILES string of the molecule is COCCNc1cccc(C(=O)CCC(O)CN2CCc3ccccc3C2)c1. The second-order valence-electron chi connectivity index (χ2n) is 7.37. The summed E-state index contributed by atoms with van der Waals surface area (Å²) in [6, 6.07) is 16.0. The second kappa shape index (κ2) is 10.4. The Morgan fingerprint density at radius 3 is 2.86 bits per heavy atom. The number of methoxy groups -OCH3 is 1. The highest BCUT2D eigenvalue weighted by Gasteiger charge is 2.19. The summed E-state index contributed by atoms with van der Waals surface area (Å²) in [6.45, 7) is 3.75. The lowest BCUT2D eigenvalue weighted by Crippen LogP contribution is -2.36. The van der Waals surface area contributed by atoms with E-state index in [0.29, 0.717) is 38.1 Å². The largest absolute Gasteiger partial charge is 0.392 e. The van der Waals surface area contributed by atoms with Crippen LogP contribution in [0.5, 0.6) is 0 Å². The molecule has 0 aliphatic carbocycles. The number of carbonyl (C=O) groups is 1. The summed E-state index contributed by atoms with van der Waals surface area (Å²) in [4.78, 5) is 14.8. The number of β-amino-alcohol motifs (C(OH)–C–C–N with tert-alkyl or cyclic N) is 1. The summed E-state index contributed by atoms with van der Waals surface area (Å²) in [7, 11) is 1.66. The van der Waals surface area contributed by atoms with Crippen LogP contribution in [0.1, 0.15) is 34.3 Å². The fourth-order valence-corrected chi connectivity index (χ4v) is 3.64. The van der Waals surface area contributed by atoms with Gasteiger partial charge in [-0.15, -0.1) is 0 Å². The number of Topliss-reactive ketones (excluding diaryl/α,β-unsaturated/α-hetero) is 1. The molecule has 2 aromatic rings. The van der Waals surface area contributed by atoms with Crippen molar-refractivity contribution in [1.29, 1.82) is 0 Å². The highest BCUT2D eigenvalue weighted by atomic mass is 16.5. The molecule has 3 rings (SSSR count). The highest BCUT2D eigenvalue weighted by Crippen LogP contribution is 2.19. The average molecular weight is 383 g/mol. The molecule has 1 aliphatic heterocycles. The Kier molecular flexibility index (Phi) is 7.60. The average Bonchev–Trinajstić information content (AvgIpc) is 2.72. The van der Waals surface area contributed by atoms with E-state index in [9.17, 15) is 9.90 Å². The highest BCUT2D eigenvalue weighted by molar-refractivity contribution is 5.96. The maximum atomic E-state index is 12.5. The normalized spacial score (nSPS) is 15.1. The van der Waals surface area contributed by atoms with Gasteiger partial charge in [0.25, 0.3) is 0 Å². The zero-order valence-corrected chi connectivity index (χ0v) is 16.6. The van der Waals surface area contributed by atoms with Crippen molar-refractivity contribution < 1.29 is 14.6 Å². The summed E-state index contributed by atoms with van der Waals surface area (Å²) in [5.41, 5.74) is 4.34. The van der Waals surface area contributed by atoms with Gasteiger partial charge in [0.05, 0.1) is 12.7 Å². The van der Waals surface area contributed by atoms with E-state index in [2.05, 4.69) is 34.5 Å². The predicted molar refractivity (Wildman–Crippen MR) is 112 cm³/mol. The molecule has 0 saturated carbocycles. The molecule has 1 unspecified atom stereocenters. The zero-order valence-electron chi connectivity index (χ0n) is 16.6. The van der Waals surface area contributed by atoms with Crippen LogP contribution < -0.4 is 5.32 Å². The third-order valence-electron chi connectivity index (χ3n) is 5.20. The Labute approximate surface area is 167 Å². The molecular formula is C23H30N2O3. The van der Waals surface area contributed by atoms with Crippen molar-refractivity contribution in [3.05, 3.63) is 65.2 Å². The van der Waals surface area contributed by atoms with Gasteiger partial charge in [0.2, 0.25) is 0 Å². The van der Waals surface area contributed by atoms with Crippen molar-refractivity contribution in [2.45, 2.75) is 31.9 Å². The minimum Gasteiger partial charge on any atom is -0.392 e. The number of nitrogens with one attached hydrogen (secondary N) is 1. The maximum absolute atomic E-state index is 12.5. The molecule has 150 valence electrons. The number of rotatable bonds is 10. The van der Waals surface area contributed by atoms with Crippen molar-refractivity contribution in [2.75, 3.05) is 38.7 Å². The Morgan fingerprint density at radius 1 is 1.21 bits per heavy atom. The molecule has 0 amide bonds. The lowest BCUT2D eigenvalue weighted by Gasteiger charge is -2.30. The fraction of sp³-hybridized carbons (Fsp3) is 0.435. The van der Waals surface area contributed by atoms with E-state index in [4.69, 9.17) is 4.74 Å². The van der Waals surface area contributed by atoms with E-state index in [1.807, 2.05) is 24.3 Å². The first-order chi connectivity index (χ1) is 13.7. The number of ketones is 1. The monoisotopic (exact) mass is 382 g/mol. The molecule has 2 aromatic carbocycles. The Hall–Kier alpha value is -2.21. The zero-order chi connectivity index (χ0) is 19.8. The van der Waals surface area contributed by atoms with Crippen LogP contribution in [0.3, 0.4) is 0 Å². The first-order valence-corrected chi connectivity index (χ1v) is 9.99. The number of hydrogen-bond donors (Lipinski definition) is 2.